The van der Waals surface area contributed by atoms with E-state index in [9.17, 15) is 19.5 Å². The van der Waals surface area contributed by atoms with Gasteiger partial charge in [0, 0.05) is 13.6 Å². The smallest absolute Gasteiger partial charge is 0.328 e. The fourth-order valence-corrected chi connectivity index (χ4v) is 1.84. The molecule has 9 nitrogen and oxygen atoms in total. The number of urea groups is 1. The summed E-state index contributed by atoms with van der Waals surface area (Å²) in [5, 5.41) is 22.9. The number of ether oxygens (including phenoxy) is 1. The summed E-state index contributed by atoms with van der Waals surface area (Å²) in [5.74, 6) is -1.75. The average Bonchev–Trinajstić information content (AvgIpc) is 2.42. The molecule has 1 aliphatic rings. The van der Waals surface area contributed by atoms with E-state index in [0.29, 0.717) is 0 Å². The lowest BCUT2D eigenvalue weighted by Crippen LogP contribution is -2.60. The molecule has 4 N–H and O–H groups in total. The van der Waals surface area contributed by atoms with Gasteiger partial charge in [0.05, 0.1) is 19.3 Å². The van der Waals surface area contributed by atoms with Gasteiger partial charge in [0.1, 0.15) is 6.04 Å². The van der Waals surface area contributed by atoms with Crippen molar-refractivity contribution < 1.29 is 29.3 Å². The number of aliphatic hydroxyl groups is 1. The molecule has 0 radical (unpaired) electrons. The number of nitrogens with zero attached hydrogens (tertiary/aromatic N) is 1. The zero-order valence-electron chi connectivity index (χ0n) is 11.3. The van der Waals surface area contributed by atoms with Crippen molar-refractivity contribution in [1.29, 1.82) is 0 Å². The summed E-state index contributed by atoms with van der Waals surface area (Å²) >= 11 is 0. The third kappa shape index (κ3) is 3.81. The van der Waals surface area contributed by atoms with Crippen LogP contribution in [0.5, 0.6) is 0 Å². The fraction of sp³-hybridized carbons (Fsp3) is 0.727. The third-order valence-corrected chi connectivity index (χ3v) is 2.97. The first-order chi connectivity index (χ1) is 9.38. The summed E-state index contributed by atoms with van der Waals surface area (Å²) in [5.41, 5.74) is 0. The summed E-state index contributed by atoms with van der Waals surface area (Å²) in [6, 6.07) is -2.98. The quantitative estimate of drug-likeness (QED) is 0.473. The zero-order valence-corrected chi connectivity index (χ0v) is 11.3. The van der Waals surface area contributed by atoms with Gasteiger partial charge >= 0.3 is 12.0 Å². The van der Waals surface area contributed by atoms with Crippen LogP contribution >= 0.6 is 0 Å². The maximum Gasteiger partial charge on any atom is 0.328 e. The number of carboxylic acid groups (broad SMARTS) is 1. The maximum absolute atomic E-state index is 12.1. The topological polar surface area (TPSA) is 128 Å². The van der Waals surface area contributed by atoms with Crippen LogP contribution < -0.4 is 10.6 Å². The number of aliphatic hydroxyl groups excluding tert-OH is 1. The van der Waals surface area contributed by atoms with Gasteiger partial charge in [-0.05, 0) is 6.92 Å². The Morgan fingerprint density at radius 3 is 2.55 bits per heavy atom. The second-order valence-electron chi connectivity index (χ2n) is 4.40. The molecular formula is C11H19N3O6. The molecule has 0 aliphatic carbocycles. The molecule has 114 valence electrons. The van der Waals surface area contributed by atoms with Crippen LogP contribution in [-0.2, 0) is 14.3 Å². The normalized spacial score (nSPS) is 21.8. The Balaban J connectivity index is 2.77. The van der Waals surface area contributed by atoms with E-state index in [2.05, 4.69) is 10.6 Å². The number of hydrogen-bond donors (Lipinski definition) is 4. The van der Waals surface area contributed by atoms with Crippen molar-refractivity contribution in [2.24, 2.45) is 0 Å². The van der Waals surface area contributed by atoms with Crippen LogP contribution in [0.2, 0.25) is 0 Å². The van der Waals surface area contributed by atoms with Gasteiger partial charge < -0.3 is 30.5 Å². The first kappa shape index (κ1) is 16.2. The van der Waals surface area contributed by atoms with Crippen molar-refractivity contribution in [2.75, 3.05) is 26.8 Å². The monoisotopic (exact) mass is 289 g/mol. The molecule has 0 spiro atoms. The lowest BCUT2D eigenvalue weighted by molar-refractivity contribution is -0.141. The van der Waals surface area contributed by atoms with E-state index in [0.717, 1.165) is 0 Å². The highest BCUT2D eigenvalue weighted by Gasteiger charge is 2.35. The number of rotatable bonds is 4. The minimum atomic E-state index is -1.43. The van der Waals surface area contributed by atoms with Gasteiger partial charge in [0.15, 0.2) is 6.04 Å². The largest absolute Gasteiger partial charge is 0.480 e. The summed E-state index contributed by atoms with van der Waals surface area (Å²) in [6.45, 7) is 1.72. The van der Waals surface area contributed by atoms with Crippen LogP contribution in [0, 0.1) is 0 Å². The fourth-order valence-electron chi connectivity index (χ4n) is 1.84. The number of carboxylic acids is 1. The Kier molecular flexibility index (Phi) is 5.71. The lowest BCUT2D eigenvalue weighted by Gasteiger charge is -2.35. The number of hydrogen-bond acceptors (Lipinski definition) is 5. The van der Waals surface area contributed by atoms with E-state index in [1.165, 1.54) is 18.9 Å². The third-order valence-electron chi connectivity index (χ3n) is 2.97. The first-order valence-corrected chi connectivity index (χ1v) is 6.15. The molecule has 1 unspecified atom stereocenters. The Labute approximate surface area is 115 Å². The SMILES string of the molecule is CNC(=O)C1COCCN1C(=O)N[C@H](C(=O)O)[C@@H](C)O. The number of morpholine rings is 1. The van der Waals surface area contributed by atoms with Crippen LogP contribution in [0.3, 0.4) is 0 Å². The number of aliphatic carboxylic acids is 1. The Bertz CT molecular complexity index is 386. The van der Waals surface area contributed by atoms with Gasteiger partial charge in [-0.2, -0.15) is 0 Å². The molecule has 1 rings (SSSR count). The number of nitrogens with one attached hydrogen (secondary N) is 2. The highest BCUT2D eigenvalue weighted by atomic mass is 16.5. The van der Waals surface area contributed by atoms with E-state index in [1.54, 1.807) is 0 Å². The molecule has 3 atom stereocenters. The van der Waals surface area contributed by atoms with E-state index >= 15 is 0 Å². The number of carbonyl (C=O) groups is 3. The van der Waals surface area contributed by atoms with Crippen LogP contribution in [-0.4, -0.2) is 78.0 Å². The van der Waals surface area contributed by atoms with Crippen molar-refractivity contribution >= 4 is 17.9 Å². The van der Waals surface area contributed by atoms with Crippen molar-refractivity contribution in [1.82, 2.24) is 15.5 Å². The number of amides is 3. The van der Waals surface area contributed by atoms with Gasteiger partial charge in [-0.15, -0.1) is 0 Å². The first-order valence-electron chi connectivity index (χ1n) is 6.15. The molecule has 0 aromatic heterocycles. The summed E-state index contributed by atoms with van der Waals surface area (Å²) in [6.07, 6.45) is -1.25. The predicted molar refractivity (Wildman–Crippen MR) is 67.0 cm³/mol. The van der Waals surface area contributed by atoms with Crippen LogP contribution in [0.15, 0.2) is 0 Å². The van der Waals surface area contributed by atoms with Crippen molar-refractivity contribution in [2.45, 2.75) is 25.1 Å². The number of likely N-dealkylation sites (N-methyl/N-ethyl adjacent to an activating group) is 1. The molecule has 9 heteroatoms. The molecular weight excluding hydrogens is 270 g/mol. The van der Waals surface area contributed by atoms with Gasteiger partial charge in [-0.25, -0.2) is 9.59 Å². The van der Waals surface area contributed by atoms with Crippen molar-refractivity contribution in [3.8, 4) is 0 Å². The second kappa shape index (κ2) is 7.06. The van der Waals surface area contributed by atoms with Gasteiger partial charge in [0.2, 0.25) is 5.91 Å². The summed E-state index contributed by atoms with van der Waals surface area (Å²) in [7, 11) is 1.43. The molecule has 0 aromatic carbocycles. The Morgan fingerprint density at radius 2 is 2.05 bits per heavy atom. The number of carbonyl (C=O) groups excluding carboxylic acids is 2. The summed E-state index contributed by atoms with van der Waals surface area (Å²) in [4.78, 5) is 35.8. The molecule has 3 amide bonds. The second-order valence-corrected chi connectivity index (χ2v) is 4.40. The Morgan fingerprint density at radius 1 is 1.40 bits per heavy atom. The Hall–Kier alpha value is -1.87. The molecule has 1 aliphatic heterocycles. The van der Waals surface area contributed by atoms with E-state index in [-0.39, 0.29) is 19.8 Å². The highest BCUT2D eigenvalue weighted by Crippen LogP contribution is 2.08. The summed E-state index contributed by atoms with van der Waals surface area (Å²) < 4.78 is 5.14. The molecule has 1 heterocycles. The van der Waals surface area contributed by atoms with Gasteiger partial charge in [0.25, 0.3) is 0 Å². The van der Waals surface area contributed by atoms with E-state index in [4.69, 9.17) is 9.84 Å². The molecule has 20 heavy (non-hydrogen) atoms. The maximum atomic E-state index is 12.1. The average molecular weight is 289 g/mol. The molecule has 1 saturated heterocycles. The molecule has 0 saturated carbocycles. The van der Waals surface area contributed by atoms with Crippen molar-refractivity contribution in [3.05, 3.63) is 0 Å². The van der Waals surface area contributed by atoms with Gasteiger partial charge in [-0.3, -0.25) is 4.79 Å². The van der Waals surface area contributed by atoms with E-state index < -0.39 is 36.1 Å². The van der Waals surface area contributed by atoms with Crippen molar-refractivity contribution in [3.63, 3.8) is 0 Å². The predicted octanol–water partition coefficient (Wildman–Crippen LogP) is -2.02. The van der Waals surface area contributed by atoms with E-state index in [1.807, 2.05) is 0 Å². The zero-order chi connectivity index (χ0) is 15.3. The van der Waals surface area contributed by atoms with Gasteiger partial charge in [-0.1, -0.05) is 0 Å². The molecule has 0 aromatic rings. The lowest BCUT2D eigenvalue weighted by atomic mass is 10.2. The van der Waals surface area contributed by atoms with Crippen LogP contribution in [0.1, 0.15) is 6.92 Å². The molecule has 1 fully saturated rings. The minimum absolute atomic E-state index is 0.0412. The standard InChI is InChI=1S/C11H19N3O6/c1-6(15)8(10(17)18)13-11(19)14-3-4-20-5-7(14)9(16)12-2/h6-8,15H,3-5H2,1-2H3,(H,12,16)(H,13,19)(H,17,18)/t6-,7?,8+/m1/s1. The highest BCUT2D eigenvalue weighted by molar-refractivity contribution is 5.89. The molecule has 0 bridgehead atoms. The van der Waals surface area contributed by atoms with Crippen LogP contribution in [0.4, 0.5) is 4.79 Å². The minimum Gasteiger partial charge on any atom is -0.480 e. The van der Waals surface area contributed by atoms with Crippen LogP contribution in [0.25, 0.3) is 0 Å².